The molecule has 0 saturated carbocycles. The van der Waals surface area contributed by atoms with Crippen LogP contribution in [0.5, 0.6) is 11.5 Å². The minimum atomic E-state index is -0.466. The van der Waals surface area contributed by atoms with E-state index in [1.807, 2.05) is 49.9 Å². The number of amides is 2. The van der Waals surface area contributed by atoms with Crippen molar-refractivity contribution in [3.8, 4) is 11.5 Å². The summed E-state index contributed by atoms with van der Waals surface area (Å²) in [4.78, 5) is 15.5. The van der Waals surface area contributed by atoms with Crippen LogP contribution in [0.1, 0.15) is 76.1 Å². The SMILES string of the molecule is CC(C)(C)C(=N)/C=C(/NC(=O)N[C@H]1CC[C@@H](Oc2ccc(=N)n(C(=N)N3CCCCC3)c2)c2ccccc21)Nc1ccc(Cl)c(OCCO)c1. The van der Waals surface area contributed by atoms with E-state index in [1.54, 1.807) is 47.2 Å². The smallest absolute Gasteiger partial charge is 0.320 e. The van der Waals surface area contributed by atoms with Crippen molar-refractivity contribution >= 4 is 35.0 Å². The quantitative estimate of drug-likeness (QED) is 0.0935. The Hall–Kier alpha value is -4.81. The van der Waals surface area contributed by atoms with Crippen molar-refractivity contribution in [1.82, 2.24) is 20.1 Å². The molecule has 1 aliphatic heterocycles. The molecule has 7 N–H and O–H groups in total. The third-order valence-electron chi connectivity index (χ3n) is 8.73. The largest absolute Gasteiger partial charge is 0.490 e. The Morgan fingerprint density at radius 2 is 1.78 bits per heavy atom. The van der Waals surface area contributed by atoms with Crippen molar-refractivity contribution in [2.75, 3.05) is 31.6 Å². The van der Waals surface area contributed by atoms with Crippen LogP contribution in [0.4, 0.5) is 10.5 Å². The molecule has 1 aromatic heterocycles. The first-order chi connectivity index (χ1) is 23.9. The number of aliphatic hydroxyl groups is 1. The van der Waals surface area contributed by atoms with E-state index < -0.39 is 11.4 Å². The summed E-state index contributed by atoms with van der Waals surface area (Å²) in [6.45, 7) is 7.30. The summed E-state index contributed by atoms with van der Waals surface area (Å²) in [7, 11) is 0. The highest BCUT2D eigenvalue weighted by atomic mass is 35.5. The highest BCUT2D eigenvalue weighted by Crippen LogP contribution is 2.38. The summed E-state index contributed by atoms with van der Waals surface area (Å²) in [5.74, 6) is 1.53. The van der Waals surface area contributed by atoms with Crippen molar-refractivity contribution in [3.05, 3.63) is 94.3 Å². The van der Waals surface area contributed by atoms with Crippen LogP contribution in [0.3, 0.4) is 0 Å². The number of nitrogens with zero attached hydrogens (tertiary/aromatic N) is 2. The van der Waals surface area contributed by atoms with Gasteiger partial charge in [-0.25, -0.2) is 4.79 Å². The number of pyridine rings is 1. The molecule has 1 fully saturated rings. The Morgan fingerprint density at radius 1 is 1.04 bits per heavy atom. The van der Waals surface area contributed by atoms with Gasteiger partial charge in [0, 0.05) is 42.0 Å². The van der Waals surface area contributed by atoms with Crippen LogP contribution < -0.4 is 30.9 Å². The molecule has 0 bridgehead atoms. The number of carbonyl (C=O) groups is 1. The van der Waals surface area contributed by atoms with Gasteiger partial charge in [0.15, 0.2) is 0 Å². The van der Waals surface area contributed by atoms with Crippen LogP contribution in [-0.4, -0.2) is 58.6 Å². The molecular weight excluding hydrogens is 656 g/mol. The summed E-state index contributed by atoms with van der Waals surface area (Å²) in [6.07, 6.45) is 7.51. The molecule has 2 atom stereocenters. The Kier molecular flexibility index (Phi) is 11.9. The number of hydrogen-bond donors (Lipinski definition) is 7. The summed E-state index contributed by atoms with van der Waals surface area (Å²) in [5, 5.41) is 44.5. The standard InChI is InChI=1S/C37H47ClN8O4/c1-37(2,3)32(39)22-34(42-24-11-13-28(38)31(21-24)49-20-19-47)44-36(48)43-29-14-15-30(27-10-6-5-9-26(27)29)50-25-12-16-33(40)46(23-25)35(41)45-17-7-4-8-18-45/h5-6,9-13,16,21-23,29-30,39-42,47H,4,7-8,14-15,17-20H2,1-3H3,(H2,43,44,48)/b34-22+,39-32?,40-33?,41-35?/t29-,30+/m0/s1. The van der Waals surface area contributed by atoms with Gasteiger partial charge in [-0.15, -0.1) is 0 Å². The monoisotopic (exact) mass is 702 g/mol. The van der Waals surface area contributed by atoms with Crippen LogP contribution >= 0.6 is 11.6 Å². The van der Waals surface area contributed by atoms with Gasteiger partial charge in [-0.2, -0.15) is 0 Å². The molecule has 0 spiro atoms. The highest BCUT2D eigenvalue weighted by Gasteiger charge is 2.30. The molecule has 1 aliphatic carbocycles. The first-order valence-corrected chi connectivity index (χ1v) is 17.4. The van der Waals surface area contributed by atoms with Gasteiger partial charge in [-0.05, 0) is 67.5 Å². The number of ether oxygens (including phenoxy) is 2. The van der Waals surface area contributed by atoms with E-state index in [2.05, 4.69) is 16.0 Å². The number of aliphatic hydroxyl groups excluding tert-OH is 1. The second-order valence-electron chi connectivity index (χ2n) is 13.5. The van der Waals surface area contributed by atoms with Gasteiger partial charge in [0.1, 0.15) is 35.5 Å². The van der Waals surface area contributed by atoms with Gasteiger partial charge in [0.25, 0.3) is 0 Å². The fourth-order valence-corrected chi connectivity index (χ4v) is 6.13. The molecule has 0 radical (unpaired) electrons. The lowest BCUT2D eigenvalue weighted by molar-refractivity contribution is 0.170. The third kappa shape index (κ3) is 9.25. The second-order valence-corrected chi connectivity index (χ2v) is 13.9. The number of nitrogens with one attached hydrogen (secondary N) is 6. The number of fused-ring (bicyclic) bond motifs is 1. The molecule has 2 amide bonds. The minimum absolute atomic E-state index is 0.0802. The number of halogens is 1. The van der Waals surface area contributed by atoms with Crippen molar-refractivity contribution in [1.29, 1.82) is 16.2 Å². The number of carbonyl (C=O) groups excluding carboxylic acids is 1. The Bertz CT molecular complexity index is 1790. The number of allylic oxidation sites excluding steroid dienone is 1. The molecule has 50 heavy (non-hydrogen) atoms. The van der Waals surface area contributed by atoms with E-state index >= 15 is 0 Å². The third-order valence-corrected chi connectivity index (χ3v) is 9.04. The van der Waals surface area contributed by atoms with Gasteiger partial charge < -0.3 is 35.5 Å². The van der Waals surface area contributed by atoms with Crippen LogP contribution in [-0.2, 0) is 0 Å². The van der Waals surface area contributed by atoms with Gasteiger partial charge in [0.2, 0.25) is 5.96 Å². The first-order valence-electron chi connectivity index (χ1n) is 17.0. The molecular formula is C37H47ClN8O4. The average Bonchev–Trinajstić information content (AvgIpc) is 3.10. The van der Waals surface area contributed by atoms with Crippen molar-refractivity contribution < 1.29 is 19.4 Å². The number of likely N-dealkylation sites (tertiary alicyclic amines) is 1. The number of aromatic nitrogens is 1. The number of hydrogen-bond acceptors (Lipinski definition) is 8. The summed E-state index contributed by atoms with van der Waals surface area (Å²) in [6, 6.07) is 15.6. The zero-order valence-corrected chi connectivity index (χ0v) is 29.6. The zero-order valence-electron chi connectivity index (χ0n) is 28.8. The Balaban J connectivity index is 1.30. The Labute approximate surface area is 298 Å². The maximum Gasteiger partial charge on any atom is 0.320 e. The molecule has 2 aromatic carbocycles. The summed E-state index contributed by atoms with van der Waals surface area (Å²) < 4.78 is 13.6. The van der Waals surface area contributed by atoms with Crippen LogP contribution in [0.15, 0.2) is 72.7 Å². The lowest BCUT2D eigenvalue weighted by Crippen LogP contribution is -2.43. The molecule has 266 valence electrons. The summed E-state index contributed by atoms with van der Waals surface area (Å²) >= 11 is 6.27. The van der Waals surface area contributed by atoms with E-state index in [0.717, 1.165) is 43.5 Å². The highest BCUT2D eigenvalue weighted by molar-refractivity contribution is 6.32. The number of rotatable bonds is 10. The van der Waals surface area contributed by atoms with E-state index in [4.69, 9.17) is 42.4 Å². The molecule has 2 heterocycles. The molecule has 0 unspecified atom stereocenters. The zero-order chi connectivity index (χ0) is 35.8. The lowest BCUT2D eigenvalue weighted by Gasteiger charge is -2.33. The average molecular weight is 703 g/mol. The van der Waals surface area contributed by atoms with Crippen LogP contribution in [0.25, 0.3) is 0 Å². The van der Waals surface area contributed by atoms with E-state index in [-0.39, 0.29) is 36.8 Å². The molecule has 2 aliphatic rings. The lowest BCUT2D eigenvalue weighted by atomic mass is 9.85. The molecule has 13 heteroatoms. The fraction of sp³-hybridized carbons (Fsp3) is 0.405. The topological polar surface area (TPSA) is 172 Å². The number of piperidine rings is 1. The van der Waals surface area contributed by atoms with Crippen molar-refractivity contribution in [2.24, 2.45) is 5.41 Å². The normalized spacial score (nSPS) is 17.7. The van der Waals surface area contributed by atoms with Crippen LogP contribution in [0, 0.1) is 21.6 Å². The first kappa shape index (κ1) is 36.5. The molecule has 12 nitrogen and oxygen atoms in total. The van der Waals surface area contributed by atoms with Gasteiger partial charge >= 0.3 is 6.03 Å². The van der Waals surface area contributed by atoms with E-state index in [0.29, 0.717) is 46.6 Å². The van der Waals surface area contributed by atoms with Gasteiger partial charge in [0.05, 0.1) is 23.9 Å². The predicted molar refractivity (Wildman–Crippen MR) is 195 cm³/mol. The number of urea groups is 1. The van der Waals surface area contributed by atoms with E-state index in [1.165, 1.54) is 0 Å². The van der Waals surface area contributed by atoms with Crippen molar-refractivity contribution in [3.63, 3.8) is 0 Å². The second kappa shape index (κ2) is 16.3. The van der Waals surface area contributed by atoms with Gasteiger partial charge in [-0.1, -0.05) is 56.6 Å². The maximum absolute atomic E-state index is 13.5. The predicted octanol–water partition coefficient (Wildman–Crippen LogP) is 6.53. The molecule has 3 aromatic rings. The number of benzene rings is 2. The van der Waals surface area contributed by atoms with E-state index in [9.17, 15) is 4.79 Å². The van der Waals surface area contributed by atoms with Gasteiger partial charge in [-0.3, -0.25) is 20.7 Å². The number of anilines is 1. The molecule has 5 rings (SSSR count). The maximum atomic E-state index is 13.5. The minimum Gasteiger partial charge on any atom is -0.490 e. The molecule has 1 saturated heterocycles. The fourth-order valence-electron chi connectivity index (χ4n) is 5.96. The van der Waals surface area contributed by atoms with Crippen molar-refractivity contribution in [2.45, 2.75) is 65.0 Å². The van der Waals surface area contributed by atoms with Crippen LogP contribution in [0.2, 0.25) is 5.02 Å². The summed E-state index contributed by atoms with van der Waals surface area (Å²) in [5.41, 5.74) is 2.53. The Morgan fingerprint density at radius 3 is 2.50 bits per heavy atom.